The topological polar surface area (TPSA) is 51.4 Å². The number of hydrogen-bond donors (Lipinski definition) is 1. The molecule has 0 atom stereocenters. The molecule has 1 aromatic rings. The highest BCUT2D eigenvalue weighted by Crippen LogP contribution is 2.29. The molecule has 0 amide bonds. The molecule has 88 valence electrons. The fourth-order valence-electron chi connectivity index (χ4n) is 1.85. The van der Waals surface area contributed by atoms with E-state index in [1.54, 1.807) is 0 Å². The van der Waals surface area contributed by atoms with Crippen LogP contribution in [0.15, 0.2) is 12.1 Å². The third kappa shape index (κ3) is 2.05. The predicted octanol–water partition coefficient (Wildman–Crippen LogP) is 2.05. The fraction of sp³-hybridized carbons (Fsp3) is 0.583. The molecule has 0 aromatic carbocycles. The van der Waals surface area contributed by atoms with Crippen molar-refractivity contribution in [1.29, 1.82) is 0 Å². The van der Waals surface area contributed by atoms with Crippen LogP contribution in [0.4, 0.5) is 11.5 Å². The van der Waals surface area contributed by atoms with Crippen molar-refractivity contribution in [3.63, 3.8) is 0 Å². The monoisotopic (exact) mass is 221 g/mol. The van der Waals surface area contributed by atoms with Crippen molar-refractivity contribution in [2.75, 3.05) is 24.3 Å². The second kappa shape index (κ2) is 4.60. The molecule has 1 aliphatic rings. The zero-order valence-corrected chi connectivity index (χ0v) is 9.94. The Labute approximate surface area is 96.4 Å². The Bertz CT molecular complexity index is 363. The smallest absolute Gasteiger partial charge is 0.239 e. The van der Waals surface area contributed by atoms with Crippen LogP contribution in [-0.2, 0) is 0 Å². The molecule has 0 bridgehead atoms. The van der Waals surface area contributed by atoms with Crippen LogP contribution in [0.5, 0.6) is 5.88 Å². The van der Waals surface area contributed by atoms with E-state index in [4.69, 9.17) is 10.5 Å². The number of aromatic nitrogens is 1. The van der Waals surface area contributed by atoms with Gasteiger partial charge < -0.3 is 15.4 Å². The number of nitrogens with zero attached hydrogens (tertiary/aromatic N) is 2. The maximum atomic E-state index is 5.79. The quantitative estimate of drug-likeness (QED) is 0.845. The third-order valence-electron chi connectivity index (χ3n) is 3.14. The lowest BCUT2D eigenvalue weighted by atomic mass is 9.92. The molecule has 1 heterocycles. The van der Waals surface area contributed by atoms with Crippen molar-refractivity contribution in [1.82, 2.24) is 4.98 Å². The minimum atomic E-state index is 0.547. The maximum absolute atomic E-state index is 5.79. The largest absolute Gasteiger partial charge is 0.476 e. The van der Waals surface area contributed by atoms with E-state index in [9.17, 15) is 0 Å². The van der Waals surface area contributed by atoms with Crippen LogP contribution in [0.1, 0.15) is 26.2 Å². The molecular weight excluding hydrogens is 202 g/mol. The van der Waals surface area contributed by atoms with E-state index in [0.29, 0.717) is 24.2 Å². The van der Waals surface area contributed by atoms with Gasteiger partial charge in [-0.2, -0.15) is 4.98 Å². The third-order valence-corrected chi connectivity index (χ3v) is 3.14. The van der Waals surface area contributed by atoms with Gasteiger partial charge in [0.2, 0.25) is 5.88 Å². The molecule has 4 heteroatoms. The Morgan fingerprint density at radius 3 is 2.81 bits per heavy atom. The highest BCUT2D eigenvalue weighted by Gasteiger charge is 2.23. The summed E-state index contributed by atoms with van der Waals surface area (Å²) in [5.74, 6) is 1.49. The van der Waals surface area contributed by atoms with Gasteiger partial charge in [0.1, 0.15) is 5.82 Å². The SMILES string of the molecule is CCOc1nc(N(C)C2CCC2)ccc1N. The summed E-state index contributed by atoms with van der Waals surface area (Å²) >= 11 is 0. The molecule has 1 aromatic heterocycles. The first-order chi connectivity index (χ1) is 7.72. The van der Waals surface area contributed by atoms with E-state index in [1.807, 2.05) is 19.1 Å². The number of anilines is 2. The summed E-state index contributed by atoms with van der Waals surface area (Å²) in [5, 5.41) is 0. The second-order valence-electron chi connectivity index (χ2n) is 4.19. The minimum absolute atomic E-state index is 0.547. The fourth-order valence-corrected chi connectivity index (χ4v) is 1.85. The van der Waals surface area contributed by atoms with Crippen molar-refractivity contribution < 1.29 is 4.74 Å². The average Bonchev–Trinajstić information content (AvgIpc) is 2.19. The van der Waals surface area contributed by atoms with E-state index in [0.717, 1.165) is 5.82 Å². The Kier molecular flexibility index (Phi) is 3.17. The van der Waals surface area contributed by atoms with Crippen LogP contribution in [-0.4, -0.2) is 24.7 Å². The summed E-state index contributed by atoms with van der Waals surface area (Å²) in [7, 11) is 2.08. The summed E-state index contributed by atoms with van der Waals surface area (Å²) in [6, 6.07) is 4.45. The van der Waals surface area contributed by atoms with E-state index in [2.05, 4.69) is 16.9 Å². The van der Waals surface area contributed by atoms with E-state index in [-0.39, 0.29) is 0 Å². The Morgan fingerprint density at radius 1 is 1.50 bits per heavy atom. The molecule has 0 radical (unpaired) electrons. The average molecular weight is 221 g/mol. The summed E-state index contributed by atoms with van der Waals surface area (Å²) in [4.78, 5) is 6.66. The van der Waals surface area contributed by atoms with Gasteiger partial charge in [0.05, 0.1) is 12.3 Å². The van der Waals surface area contributed by atoms with E-state index < -0.39 is 0 Å². The molecular formula is C12H19N3O. The van der Waals surface area contributed by atoms with Gasteiger partial charge in [-0.05, 0) is 38.3 Å². The maximum Gasteiger partial charge on any atom is 0.239 e. The standard InChI is InChI=1S/C12H19N3O/c1-3-16-12-10(13)7-8-11(14-12)15(2)9-5-4-6-9/h7-9H,3-6,13H2,1-2H3. The number of hydrogen-bond acceptors (Lipinski definition) is 4. The van der Waals surface area contributed by atoms with Crippen molar-refractivity contribution in [3.05, 3.63) is 12.1 Å². The van der Waals surface area contributed by atoms with E-state index in [1.165, 1.54) is 19.3 Å². The van der Waals surface area contributed by atoms with E-state index >= 15 is 0 Å². The van der Waals surface area contributed by atoms with Crippen LogP contribution in [0.25, 0.3) is 0 Å². The lowest BCUT2D eigenvalue weighted by Crippen LogP contribution is -2.37. The highest BCUT2D eigenvalue weighted by molar-refractivity contribution is 5.54. The molecule has 0 spiro atoms. The number of nitrogens with two attached hydrogens (primary N) is 1. The Balaban J connectivity index is 2.17. The van der Waals surface area contributed by atoms with Gasteiger partial charge in [-0.1, -0.05) is 0 Å². The molecule has 0 unspecified atom stereocenters. The molecule has 4 nitrogen and oxygen atoms in total. The lowest BCUT2D eigenvalue weighted by molar-refractivity contribution is 0.328. The molecule has 1 aliphatic carbocycles. The number of nitrogen functional groups attached to an aromatic ring is 1. The Hall–Kier alpha value is -1.45. The van der Waals surface area contributed by atoms with Crippen LogP contribution < -0.4 is 15.4 Å². The lowest BCUT2D eigenvalue weighted by Gasteiger charge is -2.35. The predicted molar refractivity (Wildman–Crippen MR) is 65.9 cm³/mol. The summed E-state index contributed by atoms with van der Waals surface area (Å²) in [6.45, 7) is 2.53. The van der Waals surface area contributed by atoms with Gasteiger partial charge in [-0.3, -0.25) is 0 Å². The van der Waals surface area contributed by atoms with Crippen molar-refractivity contribution >= 4 is 11.5 Å². The van der Waals surface area contributed by atoms with Gasteiger partial charge >= 0.3 is 0 Å². The molecule has 16 heavy (non-hydrogen) atoms. The van der Waals surface area contributed by atoms with Gasteiger partial charge in [0, 0.05) is 13.1 Å². The van der Waals surface area contributed by atoms with Crippen molar-refractivity contribution in [3.8, 4) is 5.88 Å². The van der Waals surface area contributed by atoms with Crippen LogP contribution in [0, 0.1) is 0 Å². The first kappa shape index (κ1) is 11.0. The van der Waals surface area contributed by atoms with Crippen molar-refractivity contribution in [2.24, 2.45) is 0 Å². The normalized spacial score (nSPS) is 15.6. The molecule has 0 aliphatic heterocycles. The first-order valence-electron chi connectivity index (χ1n) is 5.84. The molecule has 2 N–H and O–H groups in total. The van der Waals surface area contributed by atoms with Crippen LogP contribution in [0.2, 0.25) is 0 Å². The summed E-state index contributed by atoms with van der Waals surface area (Å²) in [5.41, 5.74) is 6.40. The summed E-state index contributed by atoms with van der Waals surface area (Å²) < 4.78 is 5.40. The van der Waals surface area contributed by atoms with Gasteiger partial charge in [0.15, 0.2) is 0 Å². The molecule has 1 saturated carbocycles. The minimum Gasteiger partial charge on any atom is -0.476 e. The van der Waals surface area contributed by atoms with Gasteiger partial charge in [-0.25, -0.2) is 0 Å². The summed E-state index contributed by atoms with van der Waals surface area (Å²) in [6.07, 6.45) is 3.83. The van der Waals surface area contributed by atoms with Gasteiger partial charge in [0.25, 0.3) is 0 Å². The van der Waals surface area contributed by atoms with Crippen LogP contribution in [0.3, 0.4) is 0 Å². The molecule has 1 fully saturated rings. The van der Waals surface area contributed by atoms with Crippen molar-refractivity contribution in [2.45, 2.75) is 32.2 Å². The van der Waals surface area contributed by atoms with Gasteiger partial charge in [-0.15, -0.1) is 0 Å². The zero-order valence-electron chi connectivity index (χ0n) is 9.94. The Morgan fingerprint density at radius 2 is 2.25 bits per heavy atom. The number of ether oxygens (including phenoxy) is 1. The molecule has 2 rings (SSSR count). The zero-order chi connectivity index (χ0) is 11.5. The first-order valence-corrected chi connectivity index (χ1v) is 5.84. The van der Waals surface area contributed by atoms with Crippen LogP contribution >= 0.6 is 0 Å². The number of rotatable bonds is 4. The molecule has 0 saturated heterocycles. The second-order valence-corrected chi connectivity index (χ2v) is 4.19. The highest BCUT2D eigenvalue weighted by atomic mass is 16.5. The number of pyridine rings is 1.